The van der Waals surface area contributed by atoms with Crippen molar-refractivity contribution in [2.45, 2.75) is 45.1 Å². The molecule has 2 rings (SSSR count). The molecule has 2 fully saturated rings. The highest BCUT2D eigenvalue weighted by Gasteiger charge is 2.55. The number of amides is 2. The molecule has 1 N–H and O–H groups in total. The van der Waals surface area contributed by atoms with Crippen LogP contribution in [0.5, 0.6) is 0 Å². The van der Waals surface area contributed by atoms with Gasteiger partial charge >= 0.3 is 5.97 Å². The Morgan fingerprint density at radius 1 is 1.18 bits per heavy atom. The van der Waals surface area contributed by atoms with Crippen molar-refractivity contribution < 1.29 is 19.5 Å². The van der Waals surface area contributed by atoms with Gasteiger partial charge in [0.05, 0.1) is 11.8 Å². The first-order valence-electron chi connectivity index (χ1n) is 5.98. The first-order chi connectivity index (χ1) is 7.87. The Morgan fingerprint density at radius 3 is 1.94 bits per heavy atom. The van der Waals surface area contributed by atoms with Crippen LogP contribution in [-0.4, -0.2) is 33.3 Å². The number of fused-ring (bicyclic) bond motifs is 1. The molecule has 5 nitrogen and oxygen atoms in total. The van der Waals surface area contributed by atoms with Gasteiger partial charge in [0.1, 0.15) is 5.54 Å². The van der Waals surface area contributed by atoms with Crippen LogP contribution in [-0.2, 0) is 14.4 Å². The van der Waals surface area contributed by atoms with E-state index in [-0.39, 0.29) is 23.7 Å². The lowest BCUT2D eigenvalue weighted by molar-refractivity contribution is -0.161. The van der Waals surface area contributed by atoms with Gasteiger partial charge in [-0.05, 0) is 26.7 Å². The summed E-state index contributed by atoms with van der Waals surface area (Å²) in [7, 11) is 0. The maximum atomic E-state index is 12.1. The molecule has 0 aromatic heterocycles. The number of hydrogen-bond donors (Lipinski definition) is 1. The predicted octanol–water partition coefficient (Wildman–Crippen LogP) is 1.02. The van der Waals surface area contributed by atoms with E-state index in [2.05, 4.69) is 0 Å². The van der Waals surface area contributed by atoms with Crippen molar-refractivity contribution in [3.8, 4) is 0 Å². The maximum absolute atomic E-state index is 12.1. The van der Waals surface area contributed by atoms with Gasteiger partial charge in [-0.25, -0.2) is 4.79 Å². The molecule has 1 saturated carbocycles. The zero-order valence-corrected chi connectivity index (χ0v) is 10.1. The molecule has 0 aromatic rings. The van der Waals surface area contributed by atoms with E-state index in [1.165, 1.54) is 13.8 Å². The van der Waals surface area contributed by atoms with Gasteiger partial charge in [0.2, 0.25) is 11.8 Å². The first-order valence-corrected chi connectivity index (χ1v) is 5.98. The van der Waals surface area contributed by atoms with E-state index >= 15 is 0 Å². The van der Waals surface area contributed by atoms with Gasteiger partial charge < -0.3 is 5.11 Å². The van der Waals surface area contributed by atoms with E-state index in [0.29, 0.717) is 12.8 Å². The molecule has 1 saturated heterocycles. The number of aliphatic carboxylic acids is 1. The van der Waals surface area contributed by atoms with Gasteiger partial charge in [-0.3, -0.25) is 14.5 Å². The van der Waals surface area contributed by atoms with Crippen LogP contribution >= 0.6 is 0 Å². The maximum Gasteiger partial charge on any atom is 0.329 e. The highest BCUT2D eigenvalue weighted by molar-refractivity contribution is 6.08. The molecule has 5 heteroatoms. The average molecular weight is 239 g/mol. The molecule has 0 radical (unpaired) electrons. The molecule has 0 aromatic carbocycles. The average Bonchev–Trinajstić information content (AvgIpc) is 2.52. The van der Waals surface area contributed by atoms with Crippen molar-refractivity contribution in [3.63, 3.8) is 0 Å². The number of carboxylic acid groups (broad SMARTS) is 1. The lowest BCUT2D eigenvalue weighted by Gasteiger charge is -2.29. The van der Waals surface area contributed by atoms with E-state index in [0.717, 1.165) is 17.7 Å². The third kappa shape index (κ3) is 1.64. The van der Waals surface area contributed by atoms with Crippen molar-refractivity contribution in [1.29, 1.82) is 0 Å². The largest absolute Gasteiger partial charge is 0.480 e. The minimum absolute atomic E-state index is 0.283. The monoisotopic (exact) mass is 239 g/mol. The molecule has 2 amide bonds. The van der Waals surface area contributed by atoms with E-state index in [9.17, 15) is 14.4 Å². The molecular weight excluding hydrogens is 222 g/mol. The summed E-state index contributed by atoms with van der Waals surface area (Å²) in [4.78, 5) is 36.4. The second-order valence-electron chi connectivity index (χ2n) is 5.37. The molecule has 2 atom stereocenters. The molecule has 2 aliphatic rings. The molecule has 0 bridgehead atoms. The smallest absolute Gasteiger partial charge is 0.329 e. The van der Waals surface area contributed by atoms with Crippen molar-refractivity contribution in [1.82, 2.24) is 4.90 Å². The minimum Gasteiger partial charge on any atom is -0.480 e. The molecule has 0 spiro atoms. The van der Waals surface area contributed by atoms with Gasteiger partial charge in [0.15, 0.2) is 0 Å². The fraction of sp³-hybridized carbons (Fsp3) is 0.750. The number of carbonyl (C=O) groups excluding carboxylic acids is 2. The van der Waals surface area contributed by atoms with Crippen molar-refractivity contribution in [2.75, 3.05) is 0 Å². The molecule has 2 unspecified atom stereocenters. The summed E-state index contributed by atoms with van der Waals surface area (Å²) >= 11 is 0. The number of imide groups is 1. The lowest BCUT2D eigenvalue weighted by Crippen LogP contribution is -2.53. The van der Waals surface area contributed by atoms with Gasteiger partial charge in [-0.1, -0.05) is 12.8 Å². The Morgan fingerprint density at radius 2 is 1.59 bits per heavy atom. The zero-order valence-electron chi connectivity index (χ0n) is 10.1. The van der Waals surface area contributed by atoms with Crippen molar-refractivity contribution >= 4 is 17.8 Å². The quantitative estimate of drug-likeness (QED) is 0.730. The van der Waals surface area contributed by atoms with Crippen molar-refractivity contribution in [3.05, 3.63) is 0 Å². The van der Waals surface area contributed by atoms with Gasteiger partial charge in [-0.15, -0.1) is 0 Å². The first kappa shape index (κ1) is 12.1. The van der Waals surface area contributed by atoms with E-state index in [4.69, 9.17) is 5.11 Å². The number of likely N-dealkylation sites (tertiary alicyclic amines) is 1. The van der Waals surface area contributed by atoms with Crippen LogP contribution in [0.2, 0.25) is 0 Å². The number of carbonyl (C=O) groups is 3. The fourth-order valence-corrected chi connectivity index (χ4v) is 2.81. The van der Waals surface area contributed by atoms with E-state index < -0.39 is 11.5 Å². The Balaban J connectivity index is 2.34. The molecule has 1 aliphatic carbocycles. The summed E-state index contributed by atoms with van der Waals surface area (Å²) in [5.41, 5.74) is -1.44. The van der Waals surface area contributed by atoms with Gasteiger partial charge in [0.25, 0.3) is 0 Å². The predicted molar refractivity (Wildman–Crippen MR) is 59.0 cm³/mol. The molecule has 1 aliphatic heterocycles. The molecule has 94 valence electrons. The number of hydrogen-bond acceptors (Lipinski definition) is 3. The summed E-state index contributed by atoms with van der Waals surface area (Å²) in [6.07, 6.45) is 3.31. The third-order valence-corrected chi connectivity index (χ3v) is 3.92. The summed E-state index contributed by atoms with van der Waals surface area (Å²) < 4.78 is 0. The summed E-state index contributed by atoms with van der Waals surface area (Å²) in [5, 5.41) is 9.12. The Labute approximate surface area is 99.8 Å². The Bertz CT molecular complexity index is 364. The fourth-order valence-electron chi connectivity index (χ4n) is 2.81. The van der Waals surface area contributed by atoms with Crippen LogP contribution in [0.25, 0.3) is 0 Å². The van der Waals surface area contributed by atoms with Crippen LogP contribution in [0.3, 0.4) is 0 Å². The summed E-state index contributed by atoms with van der Waals surface area (Å²) in [6.45, 7) is 2.81. The number of carboxylic acids is 1. The summed E-state index contributed by atoms with van der Waals surface area (Å²) in [6, 6.07) is 0. The standard InChI is InChI=1S/C12H17NO4/c1-12(2,11(16)17)13-9(14)7-5-3-4-6-8(7)10(13)15/h7-8H,3-6H2,1-2H3,(H,16,17). The highest BCUT2D eigenvalue weighted by atomic mass is 16.4. The SMILES string of the molecule is CC(C)(C(=O)O)N1C(=O)C2CCCCC2C1=O. The molecular formula is C12H17NO4. The van der Waals surface area contributed by atoms with Crippen LogP contribution in [0.1, 0.15) is 39.5 Å². The molecule has 1 heterocycles. The number of nitrogens with zero attached hydrogens (tertiary/aromatic N) is 1. The molecule has 17 heavy (non-hydrogen) atoms. The van der Waals surface area contributed by atoms with Crippen molar-refractivity contribution in [2.24, 2.45) is 11.8 Å². The minimum atomic E-state index is -1.44. The zero-order chi connectivity index (χ0) is 12.8. The van der Waals surface area contributed by atoms with Gasteiger partial charge in [0, 0.05) is 0 Å². The second-order valence-corrected chi connectivity index (χ2v) is 5.37. The summed E-state index contributed by atoms with van der Waals surface area (Å²) in [5.74, 6) is -2.30. The van der Waals surface area contributed by atoms with Crippen LogP contribution in [0, 0.1) is 11.8 Å². The van der Waals surface area contributed by atoms with Crippen LogP contribution in [0.15, 0.2) is 0 Å². The van der Waals surface area contributed by atoms with E-state index in [1.807, 2.05) is 0 Å². The Hall–Kier alpha value is -1.39. The normalized spacial score (nSPS) is 29.4. The third-order valence-electron chi connectivity index (χ3n) is 3.92. The second kappa shape index (κ2) is 3.82. The number of rotatable bonds is 2. The van der Waals surface area contributed by atoms with Crippen LogP contribution in [0.4, 0.5) is 0 Å². The topological polar surface area (TPSA) is 74.7 Å². The van der Waals surface area contributed by atoms with E-state index in [1.54, 1.807) is 0 Å². The van der Waals surface area contributed by atoms with Gasteiger partial charge in [-0.2, -0.15) is 0 Å². The lowest BCUT2D eigenvalue weighted by atomic mass is 9.81. The highest BCUT2D eigenvalue weighted by Crippen LogP contribution is 2.40. The Kier molecular flexibility index (Phi) is 2.72. The van der Waals surface area contributed by atoms with Crippen LogP contribution < -0.4 is 0 Å².